The molecule has 10 heteroatoms. The lowest BCUT2D eigenvalue weighted by atomic mass is 10.1. The lowest BCUT2D eigenvalue weighted by molar-refractivity contribution is -0.0686. The molecule has 0 atom stereocenters. The molecule has 0 aliphatic heterocycles. The van der Waals surface area contributed by atoms with E-state index in [1.54, 1.807) is 0 Å². The molecule has 0 aliphatic rings. The zero-order valence-corrected chi connectivity index (χ0v) is 16.4. The molecule has 2 rings (SSSR count). The Hall–Kier alpha value is -2.07. The van der Waals surface area contributed by atoms with Gasteiger partial charge in [-0.1, -0.05) is 6.58 Å². The standard InChI is InChI=1S/C17H22F3N3O3S/c1-11(17(18,19)20)12-8-13-14(16(24)25-2)22-23(15(13)21-9-12)10-26-6-7-27(3,4)5/h8-9H,1,6-7,10H2,2-5H3. The Morgan fingerprint density at radius 3 is 2.56 bits per heavy atom. The van der Waals surface area contributed by atoms with Crippen LogP contribution in [0.5, 0.6) is 0 Å². The van der Waals surface area contributed by atoms with Crippen molar-refractivity contribution in [2.45, 2.75) is 12.9 Å². The van der Waals surface area contributed by atoms with E-state index in [-0.39, 0.29) is 29.0 Å². The summed E-state index contributed by atoms with van der Waals surface area (Å²) in [6.45, 7) is 3.58. The van der Waals surface area contributed by atoms with Crippen LogP contribution < -0.4 is 0 Å². The Morgan fingerprint density at radius 1 is 1.33 bits per heavy atom. The monoisotopic (exact) mass is 405 g/mol. The number of nitrogens with zero attached hydrogens (tertiary/aromatic N) is 3. The van der Waals surface area contributed by atoms with E-state index in [1.807, 2.05) is 0 Å². The number of carbonyl (C=O) groups is 1. The van der Waals surface area contributed by atoms with Gasteiger partial charge in [-0.25, -0.2) is 24.5 Å². The number of aromatic nitrogens is 3. The quantitative estimate of drug-likeness (QED) is 0.521. The molecular weight excluding hydrogens is 383 g/mol. The van der Waals surface area contributed by atoms with Crippen molar-refractivity contribution in [3.63, 3.8) is 0 Å². The summed E-state index contributed by atoms with van der Waals surface area (Å²) in [6, 6.07) is 1.19. The maximum atomic E-state index is 12.9. The number of methoxy groups -OCH3 is 1. The zero-order valence-electron chi connectivity index (χ0n) is 15.6. The van der Waals surface area contributed by atoms with Gasteiger partial charge in [0.15, 0.2) is 11.3 Å². The van der Waals surface area contributed by atoms with E-state index in [1.165, 1.54) is 17.9 Å². The third-order valence-electron chi connectivity index (χ3n) is 3.71. The van der Waals surface area contributed by atoms with Gasteiger partial charge in [-0.2, -0.15) is 18.3 Å². The molecule has 0 fully saturated rings. The SMILES string of the molecule is C=C(c1cnc2c(c1)c(C(=O)OC)nn2COCCS(C)(C)C)C(F)(F)F. The predicted octanol–water partition coefficient (Wildman–Crippen LogP) is 3.46. The van der Waals surface area contributed by atoms with Crippen molar-refractivity contribution in [2.75, 3.05) is 38.2 Å². The summed E-state index contributed by atoms with van der Waals surface area (Å²) in [5.41, 5.74) is -1.18. The largest absolute Gasteiger partial charge is 0.464 e. The molecule has 0 amide bonds. The van der Waals surface area contributed by atoms with Gasteiger partial charge in [0, 0.05) is 17.5 Å². The molecule has 2 aromatic rings. The number of rotatable bonds is 7. The second-order valence-corrected chi connectivity index (χ2v) is 11.3. The Balaban J connectivity index is 2.36. The number of carbonyl (C=O) groups excluding carboxylic acids is 1. The molecule has 27 heavy (non-hydrogen) atoms. The molecule has 0 unspecified atom stereocenters. The Morgan fingerprint density at radius 2 is 2.00 bits per heavy atom. The van der Waals surface area contributed by atoms with Gasteiger partial charge in [-0.05, 0) is 24.8 Å². The fourth-order valence-electron chi connectivity index (χ4n) is 2.19. The number of ether oxygens (including phenoxy) is 2. The highest BCUT2D eigenvalue weighted by atomic mass is 32.3. The molecule has 2 aromatic heterocycles. The number of fused-ring (bicyclic) bond motifs is 1. The maximum Gasteiger partial charge on any atom is 0.416 e. The van der Waals surface area contributed by atoms with Crippen LogP contribution >= 0.6 is 10.0 Å². The Kier molecular flexibility index (Phi) is 6.21. The number of esters is 1. The lowest BCUT2D eigenvalue weighted by Gasteiger charge is -2.24. The fraction of sp³-hybridized carbons (Fsp3) is 0.471. The summed E-state index contributed by atoms with van der Waals surface area (Å²) < 4.78 is 50.3. The van der Waals surface area contributed by atoms with Gasteiger partial charge in [0.2, 0.25) is 0 Å². The van der Waals surface area contributed by atoms with Gasteiger partial charge >= 0.3 is 12.1 Å². The molecule has 2 heterocycles. The molecule has 0 radical (unpaired) electrons. The smallest absolute Gasteiger partial charge is 0.416 e. The van der Waals surface area contributed by atoms with Crippen LogP contribution in [0.3, 0.4) is 0 Å². The minimum Gasteiger partial charge on any atom is -0.464 e. The van der Waals surface area contributed by atoms with E-state index < -0.39 is 27.7 Å². The van der Waals surface area contributed by atoms with Crippen molar-refractivity contribution >= 4 is 32.6 Å². The van der Waals surface area contributed by atoms with E-state index >= 15 is 0 Å². The predicted molar refractivity (Wildman–Crippen MR) is 100 cm³/mol. The summed E-state index contributed by atoms with van der Waals surface area (Å²) >= 11 is 0. The van der Waals surface area contributed by atoms with Crippen LogP contribution in [-0.4, -0.2) is 65.1 Å². The minimum absolute atomic E-state index is 0.0234. The van der Waals surface area contributed by atoms with Gasteiger partial charge in [-0.3, -0.25) is 0 Å². The molecule has 0 saturated carbocycles. The highest BCUT2D eigenvalue weighted by Crippen LogP contribution is 2.34. The topological polar surface area (TPSA) is 66.2 Å². The highest BCUT2D eigenvalue weighted by molar-refractivity contribution is 8.32. The number of halogens is 3. The lowest BCUT2D eigenvalue weighted by Crippen LogP contribution is -2.12. The maximum absolute atomic E-state index is 12.9. The summed E-state index contributed by atoms with van der Waals surface area (Å²) in [5, 5.41) is 4.26. The molecule has 0 bridgehead atoms. The summed E-state index contributed by atoms with van der Waals surface area (Å²) in [4.78, 5) is 16.0. The Bertz CT molecular complexity index is 857. The van der Waals surface area contributed by atoms with Crippen LogP contribution in [0, 0.1) is 0 Å². The number of hydrogen-bond acceptors (Lipinski definition) is 5. The summed E-state index contributed by atoms with van der Waals surface area (Å²) in [7, 11) is 0.445. The van der Waals surface area contributed by atoms with E-state index in [4.69, 9.17) is 4.74 Å². The molecule has 150 valence electrons. The number of pyridine rings is 1. The second kappa shape index (κ2) is 7.89. The van der Waals surface area contributed by atoms with Crippen LogP contribution in [0.2, 0.25) is 0 Å². The van der Waals surface area contributed by atoms with Crippen molar-refractivity contribution in [1.29, 1.82) is 0 Å². The van der Waals surface area contributed by atoms with E-state index in [0.29, 0.717) is 6.61 Å². The van der Waals surface area contributed by atoms with Crippen molar-refractivity contribution in [1.82, 2.24) is 14.8 Å². The minimum atomic E-state index is -4.60. The number of alkyl halides is 3. The van der Waals surface area contributed by atoms with E-state index in [0.717, 1.165) is 11.9 Å². The molecule has 6 nitrogen and oxygen atoms in total. The fourth-order valence-corrected chi connectivity index (χ4v) is 2.80. The van der Waals surface area contributed by atoms with Gasteiger partial charge < -0.3 is 9.47 Å². The van der Waals surface area contributed by atoms with Gasteiger partial charge in [0.25, 0.3) is 0 Å². The summed E-state index contributed by atoms with van der Waals surface area (Å²) in [6.07, 6.45) is 2.93. The third-order valence-corrected chi connectivity index (χ3v) is 5.10. The second-order valence-electron chi connectivity index (χ2n) is 6.74. The highest BCUT2D eigenvalue weighted by Gasteiger charge is 2.33. The van der Waals surface area contributed by atoms with Crippen LogP contribution in [0.4, 0.5) is 13.2 Å². The van der Waals surface area contributed by atoms with Crippen LogP contribution in [0.1, 0.15) is 16.1 Å². The van der Waals surface area contributed by atoms with Gasteiger partial charge in [-0.15, -0.1) is 0 Å². The first kappa shape index (κ1) is 21.2. The molecule has 0 aromatic carbocycles. The first-order valence-corrected chi connectivity index (χ1v) is 10.9. The van der Waals surface area contributed by atoms with Gasteiger partial charge in [0.05, 0.1) is 24.7 Å². The van der Waals surface area contributed by atoms with Crippen LogP contribution in [-0.2, 0) is 16.2 Å². The summed E-state index contributed by atoms with van der Waals surface area (Å²) in [5.74, 6) is 0.119. The average molecular weight is 405 g/mol. The van der Waals surface area contributed by atoms with Crippen LogP contribution in [0.25, 0.3) is 16.6 Å². The molecular formula is C17H22F3N3O3S. The normalized spacial score (nSPS) is 13.0. The molecule has 0 spiro atoms. The first-order valence-electron chi connectivity index (χ1n) is 7.89. The van der Waals surface area contributed by atoms with E-state index in [9.17, 15) is 18.0 Å². The van der Waals surface area contributed by atoms with Crippen molar-refractivity contribution in [3.8, 4) is 0 Å². The zero-order chi connectivity index (χ0) is 20.4. The van der Waals surface area contributed by atoms with Crippen molar-refractivity contribution < 1.29 is 27.4 Å². The number of hydrogen-bond donors (Lipinski definition) is 0. The third kappa shape index (κ3) is 5.23. The Labute approximate surface area is 156 Å². The molecule has 0 aliphatic carbocycles. The van der Waals surface area contributed by atoms with E-state index in [2.05, 4.69) is 40.2 Å². The average Bonchev–Trinajstić information content (AvgIpc) is 2.93. The van der Waals surface area contributed by atoms with Crippen LogP contribution in [0.15, 0.2) is 18.8 Å². The number of allylic oxidation sites excluding steroid dienone is 1. The molecule has 0 N–H and O–H groups in total. The van der Waals surface area contributed by atoms with Crippen molar-refractivity contribution in [3.05, 3.63) is 30.1 Å². The first-order chi connectivity index (χ1) is 12.4. The molecule has 0 saturated heterocycles. The van der Waals surface area contributed by atoms with Crippen molar-refractivity contribution in [2.24, 2.45) is 0 Å². The van der Waals surface area contributed by atoms with Gasteiger partial charge in [0.1, 0.15) is 6.73 Å².